The van der Waals surface area contributed by atoms with Gasteiger partial charge in [0.2, 0.25) is 5.91 Å². The molecule has 1 N–H and O–H groups in total. The summed E-state index contributed by atoms with van der Waals surface area (Å²) >= 11 is 0. The summed E-state index contributed by atoms with van der Waals surface area (Å²) in [5, 5.41) is 9.16. The first-order valence-corrected chi connectivity index (χ1v) is 8.09. The van der Waals surface area contributed by atoms with E-state index in [2.05, 4.69) is 4.98 Å². The minimum absolute atomic E-state index is 0.0126. The second-order valence-corrected chi connectivity index (χ2v) is 6.92. The Morgan fingerprint density at radius 1 is 1.27 bits per heavy atom. The summed E-state index contributed by atoms with van der Waals surface area (Å²) in [7, 11) is 0. The number of aromatic nitrogens is 1. The standard InChI is InChI=1S/C16H20N2O4/c19-15(12-5-10-4-11(10)6-12)18-3-1-2-9(7-18)14-13(16(20)21)17-8-22-14/h8-12H,1-7H2,(H,20,21)/t9?,10-,11+,12?. The largest absolute Gasteiger partial charge is 0.476 e. The molecule has 0 aromatic carbocycles. The highest BCUT2D eigenvalue weighted by molar-refractivity contribution is 5.86. The maximum atomic E-state index is 12.7. The summed E-state index contributed by atoms with van der Waals surface area (Å²) in [6.07, 6.45) is 6.32. The van der Waals surface area contributed by atoms with Crippen LogP contribution in [0.2, 0.25) is 0 Å². The quantitative estimate of drug-likeness (QED) is 0.924. The third-order valence-corrected chi connectivity index (χ3v) is 5.49. The molecular weight excluding hydrogens is 284 g/mol. The van der Waals surface area contributed by atoms with Gasteiger partial charge in [0.05, 0.1) is 0 Å². The fourth-order valence-electron chi connectivity index (χ4n) is 4.27. The van der Waals surface area contributed by atoms with Crippen LogP contribution in [0, 0.1) is 17.8 Å². The zero-order valence-electron chi connectivity index (χ0n) is 12.4. The number of amides is 1. The number of hydrogen-bond acceptors (Lipinski definition) is 4. The number of aromatic carboxylic acids is 1. The van der Waals surface area contributed by atoms with Gasteiger partial charge in [-0.3, -0.25) is 4.79 Å². The molecule has 1 amide bonds. The fourth-order valence-corrected chi connectivity index (χ4v) is 4.27. The number of nitrogens with zero attached hydrogens (tertiary/aromatic N) is 2. The molecule has 2 heterocycles. The average molecular weight is 304 g/mol. The fraction of sp³-hybridized carbons (Fsp3) is 0.688. The van der Waals surface area contributed by atoms with Crippen molar-refractivity contribution < 1.29 is 19.1 Å². The molecule has 2 unspecified atom stereocenters. The number of oxazole rings is 1. The van der Waals surface area contributed by atoms with E-state index in [1.165, 1.54) is 12.8 Å². The topological polar surface area (TPSA) is 83.6 Å². The SMILES string of the molecule is O=C(O)c1ncoc1C1CCCN(C(=O)C2C[C@@H]3C[C@@H]3C2)C1. The Balaban J connectivity index is 1.46. The third kappa shape index (κ3) is 2.30. The summed E-state index contributed by atoms with van der Waals surface area (Å²) in [6.45, 7) is 1.33. The minimum atomic E-state index is -1.07. The van der Waals surface area contributed by atoms with E-state index in [4.69, 9.17) is 9.52 Å². The van der Waals surface area contributed by atoms with E-state index >= 15 is 0 Å². The molecule has 6 nitrogen and oxygen atoms in total. The van der Waals surface area contributed by atoms with Crippen LogP contribution >= 0.6 is 0 Å². The van der Waals surface area contributed by atoms with Crippen molar-refractivity contribution in [3.63, 3.8) is 0 Å². The van der Waals surface area contributed by atoms with E-state index in [1.807, 2.05) is 4.90 Å². The van der Waals surface area contributed by atoms with Crippen LogP contribution < -0.4 is 0 Å². The van der Waals surface area contributed by atoms with Crippen LogP contribution in [0.1, 0.15) is 54.3 Å². The van der Waals surface area contributed by atoms with E-state index in [0.29, 0.717) is 12.3 Å². The molecule has 1 aliphatic heterocycles. The molecule has 3 aliphatic rings. The monoisotopic (exact) mass is 304 g/mol. The molecule has 4 atom stereocenters. The number of likely N-dealkylation sites (tertiary alicyclic amines) is 1. The lowest BCUT2D eigenvalue weighted by molar-refractivity contribution is -0.137. The molecule has 1 aromatic heterocycles. The molecule has 1 saturated heterocycles. The first-order valence-electron chi connectivity index (χ1n) is 8.09. The van der Waals surface area contributed by atoms with Crippen molar-refractivity contribution in [1.82, 2.24) is 9.88 Å². The molecule has 6 heteroatoms. The summed E-state index contributed by atoms with van der Waals surface area (Å²) < 4.78 is 5.31. The predicted molar refractivity (Wildman–Crippen MR) is 76.3 cm³/mol. The zero-order valence-corrected chi connectivity index (χ0v) is 12.4. The number of carboxylic acids is 1. The minimum Gasteiger partial charge on any atom is -0.476 e. The van der Waals surface area contributed by atoms with Crippen LogP contribution in [0.15, 0.2) is 10.8 Å². The molecule has 3 fully saturated rings. The summed E-state index contributed by atoms with van der Waals surface area (Å²) in [6, 6.07) is 0. The molecule has 0 bridgehead atoms. The van der Waals surface area contributed by atoms with Gasteiger partial charge >= 0.3 is 5.97 Å². The van der Waals surface area contributed by atoms with Crippen LogP contribution in [0.25, 0.3) is 0 Å². The van der Waals surface area contributed by atoms with Crippen molar-refractivity contribution in [2.24, 2.45) is 17.8 Å². The average Bonchev–Trinajstić information content (AvgIpc) is 2.95. The smallest absolute Gasteiger partial charge is 0.358 e. The Labute approximate surface area is 128 Å². The van der Waals surface area contributed by atoms with Crippen molar-refractivity contribution in [2.75, 3.05) is 13.1 Å². The molecule has 4 rings (SSSR count). The van der Waals surface area contributed by atoms with Gasteiger partial charge in [-0.2, -0.15) is 0 Å². The number of fused-ring (bicyclic) bond motifs is 1. The lowest BCUT2D eigenvalue weighted by Crippen LogP contribution is -2.42. The van der Waals surface area contributed by atoms with Crippen molar-refractivity contribution >= 4 is 11.9 Å². The van der Waals surface area contributed by atoms with Crippen molar-refractivity contribution in [2.45, 2.75) is 38.0 Å². The second kappa shape index (κ2) is 5.11. The molecule has 2 aliphatic carbocycles. The van der Waals surface area contributed by atoms with E-state index in [9.17, 15) is 9.59 Å². The van der Waals surface area contributed by atoms with Gasteiger partial charge < -0.3 is 14.4 Å². The van der Waals surface area contributed by atoms with Gasteiger partial charge in [0.1, 0.15) is 5.76 Å². The van der Waals surface area contributed by atoms with E-state index in [0.717, 1.165) is 44.1 Å². The van der Waals surface area contributed by atoms with Gasteiger partial charge in [-0.05, 0) is 43.9 Å². The Morgan fingerprint density at radius 3 is 2.77 bits per heavy atom. The van der Waals surface area contributed by atoms with Crippen LogP contribution in [0.5, 0.6) is 0 Å². The predicted octanol–water partition coefficient (Wildman–Crippen LogP) is 2.12. The Bertz CT molecular complexity index is 601. The maximum Gasteiger partial charge on any atom is 0.358 e. The number of carboxylic acid groups (broad SMARTS) is 1. The maximum absolute atomic E-state index is 12.7. The van der Waals surface area contributed by atoms with Crippen LogP contribution in [-0.2, 0) is 4.79 Å². The first-order chi connectivity index (χ1) is 10.6. The number of rotatable bonds is 3. The van der Waals surface area contributed by atoms with Gasteiger partial charge in [-0.15, -0.1) is 0 Å². The van der Waals surface area contributed by atoms with Gasteiger partial charge in [0.15, 0.2) is 12.1 Å². The number of carbonyl (C=O) groups excluding carboxylic acids is 1. The summed E-state index contributed by atoms with van der Waals surface area (Å²) in [5.74, 6) is 1.33. The first kappa shape index (κ1) is 13.8. The van der Waals surface area contributed by atoms with Crippen LogP contribution in [0.3, 0.4) is 0 Å². The zero-order chi connectivity index (χ0) is 15.3. The van der Waals surface area contributed by atoms with Gasteiger partial charge in [0.25, 0.3) is 0 Å². The summed E-state index contributed by atoms with van der Waals surface area (Å²) in [5.41, 5.74) is -0.0126. The molecule has 22 heavy (non-hydrogen) atoms. The Morgan fingerprint density at radius 2 is 2.05 bits per heavy atom. The van der Waals surface area contributed by atoms with Crippen LogP contribution in [0.4, 0.5) is 0 Å². The van der Waals surface area contributed by atoms with Gasteiger partial charge in [0, 0.05) is 24.9 Å². The Kier molecular flexibility index (Phi) is 3.20. The lowest BCUT2D eigenvalue weighted by Gasteiger charge is -2.33. The van der Waals surface area contributed by atoms with Crippen molar-refractivity contribution in [3.05, 3.63) is 17.8 Å². The number of piperidine rings is 1. The normalized spacial score (nSPS) is 33.5. The lowest BCUT2D eigenvalue weighted by atomic mass is 9.92. The highest BCUT2D eigenvalue weighted by Gasteiger charge is 2.49. The third-order valence-electron chi connectivity index (χ3n) is 5.49. The van der Waals surface area contributed by atoms with Crippen LogP contribution in [-0.4, -0.2) is 40.0 Å². The number of hydrogen-bond donors (Lipinski definition) is 1. The van der Waals surface area contributed by atoms with Gasteiger partial charge in [-0.1, -0.05) is 0 Å². The molecule has 118 valence electrons. The van der Waals surface area contributed by atoms with Gasteiger partial charge in [-0.25, -0.2) is 9.78 Å². The molecule has 0 radical (unpaired) electrons. The van der Waals surface area contributed by atoms with Crippen molar-refractivity contribution in [1.29, 1.82) is 0 Å². The van der Waals surface area contributed by atoms with Crippen molar-refractivity contribution in [3.8, 4) is 0 Å². The summed E-state index contributed by atoms with van der Waals surface area (Å²) in [4.78, 5) is 29.6. The van der Waals surface area contributed by atoms with E-state index < -0.39 is 5.97 Å². The number of carbonyl (C=O) groups is 2. The molecular formula is C16H20N2O4. The van der Waals surface area contributed by atoms with E-state index in [1.54, 1.807) is 0 Å². The second-order valence-electron chi connectivity index (χ2n) is 6.92. The Hall–Kier alpha value is -1.85. The highest BCUT2D eigenvalue weighted by Crippen LogP contribution is 2.54. The van der Waals surface area contributed by atoms with E-state index in [-0.39, 0.29) is 23.4 Å². The molecule has 1 aromatic rings. The molecule has 2 saturated carbocycles. The molecule has 0 spiro atoms. The highest BCUT2D eigenvalue weighted by atomic mass is 16.4.